The second-order valence-corrected chi connectivity index (χ2v) is 15.9. The summed E-state index contributed by atoms with van der Waals surface area (Å²) in [4.78, 5) is 0. The molecule has 0 saturated heterocycles. The van der Waals surface area contributed by atoms with Gasteiger partial charge in [0.15, 0.2) is 0 Å². The Morgan fingerprint density at radius 3 is 1.05 bits per heavy atom. The Morgan fingerprint density at radius 1 is 0.375 bits per heavy atom. The highest BCUT2D eigenvalue weighted by molar-refractivity contribution is 6.10. The maximum atomic E-state index is 2.42. The van der Waals surface area contributed by atoms with Gasteiger partial charge in [0, 0.05) is 38.3 Å². The van der Waals surface area contributed by atoms with Crippen LogP contribution in [0.5, 0.6) is 0 Å². The number of hydrogen-bond donors (Lipinski definition) is 0. The van der Waals surface area contributed by atoms with Gasteiger partial charge in [0.05, 0.1) is 22.1 Å². The van der Waals surface area contributed by atoms with Crippen LogP contribution in [0.1, 0.15) is 38.3 Å². The van der Waals surface area contributed by atoms with Crippen LogP contribution in [0.15, 0.2) is 194 Å². The first-order valence-corrected chi connectivity index (χ1v) is 19.9. The Bertz CT molecular complexity index is 2720. The molecule has 0 radical (unpaired) electrons. The Morgan fingerprint density at radius 2 is 0.714 bits per heavy atom. The lowest BCUT2D eigenvalue weighted by molar-refractivity contribution is 0.427. The molecule has 0 aliphatic rings. The minimum atomic E-state index is -0.138. The topological polar surface area (TPSA) is 9.86 Å². The Kier molecular flexibility index (Phi) is 8.22. The van der Waals surface area contributed by atoms with E-state index < -0.39 is 0 Å². The van der Waals surface area contributed by atoms with Gasteiger partial charge in [-0.05, 0) is 94.3 Å². The van der Waals surface area contributed by atoms with Crippen LogP contribution in [0.3, 0.4) is 0 Å². The third kappa shape index (κ3) is 5.64. The summed E-state index contributed by atoms with van der Waals surface area (Å²) in [6.07, 6.45) is 1.05. The standard InChI is InChI=1S/C54H44N2/c1-37(2)36-54(3,42-30-26-38(27-31-42)40-14-12-16-44(34-40)55-50-22-8-4-18-46(50)47-19-5-9-23-51(47)55)43-32-28-39(29-33-43)41-15-13-17-45(35-41)56-52-24-10-6-20-48(52)49-21-7-11-25-53(49)56/h4-35,37H,36H2,1-3H3. The first-order valence-electron chi connectivity index (χ1n) is 19.9. The van der Waals surface area contributed by atoms with Crippen LogP contribution in [0, 0.1) is 5.92 Å². The quantitative estimate of drug-likeness (QED) is 0.148. The second-order valence-electron chi connectivity index (χ2n) is 15.9. The van der Waals surface area contributed by atoms with E-state index >= 15 is 0 Å². The molecule has 0 N–H and O–H groups in total. The predicted octanol–water partition coefficient (Wildman–Crippen LogP) is 14.6. The fourth-order valence-electron chi connectivity index (χ4n) is 9.33. The zero-order chi connectivity index (χ0) is 37.8. The van der Waals surface area contributed by atoms with Gasteiger partial charge < -0.3 is 9.13 Å². The van der Waals surface area contributed by atoms with Gasteiger partial charge in [-0.3, -0.25) is 0 Å². The van der Waals surface area contributed by atoms with Gasteiger partial charge in [-0.1, -0.05) is 166 Å². The molecule has 0 saturated carbocycles. The van der Waals surface area contributed by atoms with Gasteiger partial charge >= 0.3 is 0 Å². The molecule has 0 unspecified atom stereocenters. The van der Waals surface area contributed by atoms with Crippen LogP contribution in [0.25, 0.3) is 77.2 Å². The fraction of sp³-hybridized carbons (Fsp3) is 0.111. The molecule has 0 amide bonds. The van der Waals surface area contributed by atoms with E-state index in [1.807, 2.05) is 0 Å². The van der Waals surface area contributed by atoms with E-state index in [-0.39, 0.29) is 5.41 Å². The molecule has 0 aliphatic carbocycles. The predicted molar refractivity (Wildman–Crippen MR) is 238 cm³/mol. The van der Waals surface area contributed by atoms with Crippen LogP contribution in [0.4, 0.5) is 0 Å². The van der Waals surface area contributed by atoms with Gasteiger partial charge in [-0.25, -0.2) is 0 Å². The summed E-state index contributed by atoms with van der Waals surface area (Å²) in [5, 5.41) is 5.12. The average Bonchev–Trinajstić information content (AvgIpc) is 3.77. The lowest BCUT2D eigenvalue weighted by Gasteiger charge is -2.33. The average molecular weight is 721 g/mol. The summed E-state index contributed by atoms with van der Waals surface area (Å²) in [6.45, 7) is 7.09. The van der Waals surface area contributed by atoms with E-state index in [1.165, 1.54) is 88.4 Å². The zero-order valence-corrected chi connectivity index (χ0v) is 32.2. The summed E-state index contributed by atoms with van der Waals surface area (Å²) in [5.74, 6) is 0.533. The minimum absolute atomic E-state index is 0.138. The van der Waals surface area contributed by atoms with Crippen molar-refractivity contribution in [2.24, 2.45) is 5.92 Å². The molecule has 0 atom stereocenters. The van der Waals surface area contributed by atoms with Crippen molar-refractivity contribution in [1.82, 2.24) is 9.13 Å². The smallest absolute Gasteiger partial charge is 0.0541 e. The molecule has 2 heterocycles. The second kappa shape index (κ2) is 13.6. The van der Waals surface area contributed by atoms with Gasteiger partial charge in [0.25, 0.3) is 0 Å². The number of benzene rings is 8. The van der Waals surface area contributed by atoms with Crippen LogP contribution < -0.4 is 0 Å². The number of hydrogen-bond acceptors (Lipinski definition) is 0. The first kappa shape index (κ1) is 33.9. The van der Waals surface area contributed by atoms with Crippen LogP contribution in [0.2, 0.25) is 0 Å². The highest BCUT2D eigenvalue weighted by Gasteiger charge is 2.30. The molecule has 0 fully saturated rings. The summed E-state index contributed by atoms with van der Waals surface area (Å²) in [6, 6.07) is 71.5. The Balaban J connectivity index is 0.972. The van der Waals surface area contributed by atoms with Crippen molar-refractivity contribution in [3.63, 3.8) is 0 Å². The molecule has 0 aliphatic heterocycles. The monoisotopic (exact) mass is 720 g/mol. The third-order valence-electron chi connectivity index (χ3n) is 11.9. The molecule has 0 spiro atoms. The van der Waals surface area contributed by atoms with Gasteiger partial charge in [0.2, 0.25) is 0 Å². The summed E-state index contributed by atoms with van der Waals surface area (Å²) in [7, 11) is 0. The molecular formula is C54H44N2. The van der Waals surface area contributed by atoms with Crippen molar-refractivity contribution in [3.8, 4) is 33.6 Å². The molecule has 0 bridgehead atoms. The fourth-order valence-corrected chi connectivity index (χ4v) is 9.33. The summed E-state index contributed by atoms with van der Waals surface area (Å²) >= 11 is 0. The molecule has 10 aromatic rings. The first-order chi connectivity index (χ1) is 27.5. The molecule has 8 aromatic carbocycles. The van der Waals surface area contributed by atoms with Crippen molar-refractivity contribution in [3.05, 3.63) is 205 Å². The van der Waals surface area contributed by atoms with Gasteiger partial charge in [0.1, 0.15) is 0 Å². The molecule has 2 aromatic heterocycles. The highest BCUT2D eigenvalue weighted by Crippen LogP contribution is 2.41. The molecule has 56 heavy (non-hydrogen) atoms. The van der Waals surface area contributed by atoms with E-state index in [1.54, 1.807) is 0 Å². The zero-order valence-electron chi connectivity index (χ0n) is 32.2. The molecular weight excluding hydrogens is 677 g/mol. The van der Waals surface area contributed by atoms with Gasteiger partial charge in [-0.15, -0.1) is 0 Å². The van der Waals surface area contributed by atoms with Crippen LogP contribution in [-0.4, -0.2) is 9.13 Å². The van der Waals surface area contributed by atoms with E-state index in [2.05, 4.69) is 224 Å². The lowest BCUT2D eigenvalue weighted by atomic mass is 9.70. The van der Waals surface area contributed by atoms with Crippen molar-refractivity contribution in [2.75, 3.05) is 0 Å². The van der Waals surface area contributed by atoms with Crippen molar-refractivity contribution < 1.29 is 0 Å². The number of para-hydroxylation sites is 4. The molecule has 2 heteroatoms. The number of nitrogens with zero attached hydrogens (tertiary/aromatic N) is 2. The van der Waals surface area contributed by atoms with Crippen LogP contribution in [-0.2, 0) is 5.41 Å². The molecule has 270 valence electrons. The van der Waals surface area contributed by atoms with Crippen molar-refractivity contribution in [1.29, 1.82) is 0 Å². The van der Waals surface area contributed by atoms with E-state index in [0.717, 1.165) is 6.42 Å². The molecule has 2 nitrogen and oxygen atoms in total. The maximum absolute atomic E-state index is 2.42. The van der Waals surface area contributed by atoms with E-state index in [0.29, 0.717) is 5.92 Å². The van der Waals surface area contributed by atoms with Gasteiger partial charge in [-0.2, -0.15) is 0 Å². The molecule has 10 rings (SSSR count). The summed E-state index contributed by atoms with van der Waals surface area (Å²) < 4.78 is 4.79. The number of fused-ring (bicyclic) bond motifs is 6. The maximum Gasteiger partial charge on any atom is 0.0541 e. The normalized spacial score (nSPS) is 12.1. The van der Waals surface area contributed by atoms with E-state index in [4.69, 9.17) is 0 Å². The lowest BCUT2D eigenvalue weighted by Crippen LogP contribution is -2.25. The third-order valence-corrected chi connectivity index (χ3v) is 11.9. The largest absolute Gasteiger partial charge is 0.309 e. The minimum Gasteiger partial charge on any atom is -0.309 e. The SMILES string of the molecule is CC(C)CC(C)(c1ccc(-c2cccc(-n3c4ccccc4c4ccccc43)c2)cc1)c1ccc(-c2cccc(-n3c4ccccc4c4ccccc43)c2)cc1. The highest BCUT2D eigenvalue weighted by atomic mass is 15.0. The van der Waals surface area contributed by atoms with Crippen LogP contribution >= 0.6 is 0 Å². The summed E-state index contributed by atoms with van der Waals surface area (Å²) in [5.41, 5.74) is 14.7. The Hall–Kier alpha value is -6.64. The Labute approximate surface area is 328 Å². The number of rotatable bonds is 8. The van der Waals surface area contributed by atoms with Crippen molar-refractivity contribution in [2.45, 2.75) is 32.6 Å². The number of aromatic nitrogens is 2. The van der Waals surface area contributed by atoms with Crippen molar-refractivity contribution >= 4 is 43.6 Å². The van der Waals surface area contributed by atoms with E-state index in [9.17, 15) is 0 Å².